The predicted octanol–water partition coefficient (Wildman–Crippen LogP) is 4.71. The maximum absolute atomic E-state index is 12.5. The van der Waals surface area contributed by atoms with Gasteiger partial charge in [-0.25, -0.2) is 0 Å². The Kier molecular flexibility index (Phi) is 4.84. The molecule has 0 unspecified atom stereocenters. The topological polar surface area (TPSA) is 29.5 Å². The van der Waals surface area contributed by atoms with Crippen molar-refractivity contribution >= 4 is 38.9 Å². The van der Waals surface area contributed by atoms with Gasteiger partial charge < -0.3 is 9.64 Å². The van der Waals surface area contributed by atoms with Gasteiger partial charge in [0.25, 0.3) is 5.91 Å². The minimum Gasteiger partial charge on any atom is -0.492 e. The van der Waals surface area contributed by atoms with Crippen molar-refractivity contribution in [2.45, 2.75) is 0 Å². The monoisotopic (exact) mass is 345 g/mol. The first kappa shape index (κ1) is 15.8. The van der Waals surface area contributed by atoms with Gasteiger partial charge in [-0.3, -0.25) is 4.79 Å². The summed E-state index contributed by atoms with van der Waals surface area (Å²) >= 11 is 7.35. The van der Waals surface area contributed by atoms with E-state index in [0.29, 0.717) is 18.2 Å². The number of amides is 1. The molecular formula is C18H16ClNO2S. The molecule has 118 valence electrons. The Morgan fingerprint density at radius 1 is 1.17 bits per heavy atom. The first-order valence-electron chi connectivity index (χ1n) is 7.26. The third-order valence-electron chi connectivity index (χ3n) is 3.49. The molecule has 0 bridgehead atoms. The molecule has 0 fully saturated rings. The second-order valence-corrected chi connectivity index (χ2v) is 6.70. The number of carbonyl (C=O) groups excluding carboxylic acids is 1. The van der Waals surface area contributed by atoms with Crippen molar-refractivity contribution in [3.05, 3.63) is 64.5 Å². The molecule has 3 nitrogen and oxygen atoms in total. The van der Waals surface area contributed by atoms with Crippen LogP contribution in [0.25, 0.3) is 10.1 Å². The quantitative estimate of drug-likeness (QED) is 0.670. The summed E-state index contributed by atoms with van der Waals surface area (Å²) in [5.74, 6) is 0.767. The van der Waals surface area contributed by atoms with Gasteiger partial charge in [0.15, 0.2) is 0 Å². The van der Waals surface area contributed by atoms with Gasteiger partial charge in [-0.2, -0.15) is 0 Å². The predicted molar refractivity (Wildman–Crippen MR) is 95.7 cm³/mol. The number of fused-ring (bicyclic) bond motifs is 1. The molecule has 0 atom stereocenters. The number of benzene rings is 2. The van der Waals surface area contributed by atoms with Crippen molar-refractivity contribution in [3.63, 3.8) is 0 Å². The first-order chi connectivity index (χ1) is 11.1. The number of rotatable bonds is 5. The molecule has 0 saturated heterocycles. The van der Waals surface area contributed by atoms with E-state index in [-0.39, 0.29) is 5.91 Å². The maximum Gasteiger partial charge on any atom is 0.263 e. The highest BCUT2D eigenvalue weighted by Crippen LogP contribution is 2.26. The van der Waals surface area contributed by atoms with Crippen molar-refractivity contribution in [1.82, 2.24) is 4.90 Å². The molecule has 0 N–H and O–H groups in total. The Hall–Kier alpha value is -2.04. The van der Waals surface area contributed by atoms with E-state index >= 15 is 0 Å². The third-order valence-corrected chi connectivity index (χ3v) is 4.85. The van der Waals surface area contributed by atoms with Gasteiger partial charge in [-0.05, 0) is 41.8 Å². The van der Waals surface area contributed by atoms with E-state index in [9.17, 15) is 4.79 Å². The number of likely N-dealkylation sites (N-methyl/N-ethyl adjacent to an activating group) is 1. The number of ether oxygens (including phenoxy) is 1. The molecule has 0 aliphatic rings. The van der Waals surface area contributed by atoms with Gasteiger partial charge in [0.1, 0.15) is 12.4 Å². The van der Waals surface area contributed by atoms with E-state index < -0.39 is 0 Å². The fraction of sp³-hybridized carbons (Fsp3) is 0.167. The van der Waals surface area contributed by atoms with Crippen LogP contribution >= 0.6 is 22.9 Å². The van der Waals surface area contributed by atoms with Gasteiger partial charge in [-0.15, -0.1) is 11.3 Å². The number of thiophene rings is 1. The fourth-order valence-corrected chi connectivity index (χ4v) is 3.39. The van der Waals surface area contributed by atoms with Crippen LogP contribution in [-0.4, -0.2) is 31.0 Å². The molecule has 1 heterocycles. The number of halogens is 1. The van der Waals surface area contributed by atoms with Crippen molar-refractivity contribution in [1.29, 1.82) is 0 Å². The summed E-state index contributed by atoms with van der Waals surface area (Å²) in [6, 6.07) is 17.1. The summed E-state index contributed by atoms with van der Waals surface area (Å²) < 4.78 is 6.75. The van der Waals surface area contributed by atoms with Crippen LogP contribution in [0.4, 0.5) is 0 Å². The molecule has 0 spiro atoms. The Morgan fingerprint density at radius 3 is 2.65 bits per heavy atom. The van der Waals surface area contributed by atoms with Gasteiger partial charge in [0.05, 0.1) is 11.4 Å². The molecule has 23 heavy (non-hydrogen) atoms. The lowest BCUT2D eigenvalue weighted by Crippen LogP contribution is -2.30. The van der Waals surface area contributed by atoms with Crippen molar-refractivity contribution < 1.29 is 9.53 Å². The van der Waals surface area contributed by atoms with Crippen LogP contribution in [-0.2, 0) is 0 Å². The molecular weight excluding hydrogens is 330 g/mol. The highest BCUT2D eigenvalue weighted by atomic mass is 35.5. The summed E-state index contributed by atoms with van der Waals surface area (Å²) in [5.41, 5.74) is 0. The van der Waals surface area contributed by atoms with Crippen LogP contribution in [0.1, 0.15) is 9.67 Å². The molecule has 0 aliphatic carbocycles. The van der Waals surface area contributed by atoms with E-state index in [4.69, 9.17) is 16.3 Å². The van der Waals surface area contributed by atoms with Crippen molar-refractivity contribution in [3.8, 4) is 5.75 Å². The zero-order valence-corrected chi connectivity index (χ0v) is 14.2. The first-order valence-corrected chi connectivity index (χ1v) is 8.45. The Balaban J connectivity index is 1.57. The normalized spacial score (nSPS) is 10.7. The highest BCUT2D eigenvalue weighted by Gasteiger charge is 2.14. The molecule has 3 rings (SSSR count). The molecule has 1 aromatic heterocycles. The Labute approximate surface area is 144 Å². The molecule has 0 saturated carbocycles. The van der Waals surface area contributed by atoms with E-state index in [0.717, 1.165) is 20.7 Å². The van der Waals surface area contributed by atoms with Crippen LogP contribution in [0.2, 0.25) is 5.02 Å². The second-order valence-electron chi connectivity index (χ2n) is 5.18. The minimum absolute atomic E-state index is 0.0194. The van der Waals surface area contributed by atoms with E-state index in [1.54, 1.807) is 24.1 Å². The lowest BCUT2D eigenvalue weighted by molar-refractivity contribution is 0.0778. The van der Waals surface area contributed by atoms with Crippen LogP contribution in [0.5, 0.6) is 5.75 Å². The third kappa shape index (κ3) is 3.84. The van der Waals surface area contributed by atoms with Gasteiger partial charge in [0, 0.05) is 16.8 Å². The summed E-state index contributed by atoms with van der Waals surface area (Å²) in [7, 11) is 1.79. The SMILES string of the molecule is CN(CCOc1ccc(Cl)cc1)C(=O)c1cc2ccccc2s1. The molecule has 1 amide bonds. The lowest BCUT2D eigenvalue weighted by Gasteiger charge is -2.16. The summed E-state index contributed by atoms with van der Waals surface area (Å²) in [6.07, 6.45) is 0. The number of nitrogens with zero attached hydrogens (tertiary/aromatic N) is 1. The minimum atomic E-state index is 0.0194. The molecule has 5 heteroatoms. The molecule has 3 aromatic rings. The van der Waals surface area contributed by atoms with E-state index in [1.807, 2.05) is 42.5 Å². The number of carbonyl (C=O) groups is 1. The van der Waals surface area contributed by atoms with E-state index in [1.165, 1.54) is 11.3 Å². The fourth-order valence-electron chi connectivity index (χ4n) is 2.21. The summed E-state index contributed by atoms with van der Waals surface area (Å²) in [5, 5.41) is 1.78. The smallest absolute Gasteiger partial charge is 0.263 e. The molecule has 0 radical (unpaired) electrons. The van der Waals surface area contributed by atoms with Gasteiger partial charge in [-0.1, -0.05) is 29.8 Å². The summed E-state index contributed by atoms with van der Waals surface area (Å²) in [6.45, 7) is 0.963. The Bertz CT molecular complexity index is 780. The zero-order valence-electron chi connectivity index (χ0n) is 12.7. The molecule has 0 aliphatic heterocycles. The largest absolute Gasteiger partial charge is 0.492 e. The lowest BCUT2D eigenvalue weighted by atomic mass is 10.2. The second kappa shape index (κ2) is 7.02. The van der Waals surface area contributed by atoms with Crippen molar-refractivity contribution in [2.24, 2.45) is 0 Å². The zero-order chi connectivity index (χ0) is 16.2. The number of hydrogen-bond donors (Lipinski definition) is 0. The maximum atomic E-state index is 12.5. The van der Waals surface area contributed by atoms with Gasteiger partial charge in [0.2, 0.25) is 0 Å². The van der Waals surface area contributed by atoms with Crippen LogP contribution in [0.3, 0.4) is 0 Å². The van der Waals surface area contributed by atoms with Crippen LogP contribution < -0.4 is 4.74 Å². The standard InChI is InChI=1S/C18H16ClNO2S/c1-20(10-11-22-15-8-6-14(19)7-9-15)18(21)17-12-13-4-2-3-5-16(13)23-17/h2-9,12H,10-11H2,1H3. The number of hydrogen-bond acceptors (Lipinski definition) is 3. The van der Waals surface area contributed by atoms with Crippen LogP contribution in [0, 0.1) is 0 Å². The van der Waals surface area contributed by atoms with Gasteiger partial charge >= 0.3 is 0 Å². The molecule has 2 aromatic carbocycles. The highest BCUT2D eigenvalue weighted by molar-refractivity contribution is 7.20. The Morgan fingerprint density at radius 2 is 1.91 bits per heavy atom. The van der Waals surface area contributed by atoms with E-state index in [2.05, 4.69) is 0 Å². The average Bonchev–Trinajstić information content (AvgIpc) is 3.00. The van der Waals surface area contributed by atoms with Crippen LogP contribution in [0.15, 0.2) is 54.6 Å². The summed E-state index contributed by atoms with van der Waals surface area (Å²) in [4.78, 5) is 14.9. The van der Waals surface area contributed by atoms with Crippen molar-refractivity contribution in [2.75, 3.05) is 20.2 Å². The average molecular weight is 346 g/mol.